The highest BCUT2D eigenvalue weighted by Gasteiger charge is 2.09. The Hall–Kier alpha value is -1.09. The van der Waals surface area contributed by atoms with E-state index in [1.54, 1.807) is 6.20 Å². The minimum atomic E-state index is 0.647. The van der Waals surface area contributed by atoms with Crippen molar-refractivity contribution in [2.45, 2.75) is 53.0 Å². The molecule has 3 nitrogen and oxygen atoms in total. The normalized spacial score (nSPS) is 12.4. The van der Waals surface area contributed by atoms with Gasteiger partial charge in [-0.1, -0.05) is 46.1 Å². The summed E-state index contributed by atoms with van der Waals surface area (Å²) in [5, 5.41) is 3.32. The monoisotopic (exact) mass is 264 g/mol. The molecule has 19 heavy (non-hydrogen) atoms. The van der Waals surface area contributed by atoms with Crippen molar-refractivity contribution in [3.8, 4) is 5.88 Å². The topological polar surface area (TPSA) is 34.1 Å². The third-order valence-electron chi connectivity index (χ3n) is 3.41. The fourth-order valence-corrected chi connectivity index (χ4v) is 2.04. The van der Waals surface area contributed by atoms with Crippen molar-refractivity contribution in [3.05, 3.63) is 23.9 Å². The van der Waals surface area contributed by atoms with Crippen molar-refractivity contribution in [2.75, 3.05) is 13.2 Å². The maximum Gasteiger partial charge on any atom is 0.217 e. The van der Waals surface area contributed by atoms with Gasteiger partial charge in [0, 0.05) is 18.3 Å². The predicted molar refractivity (Wildman–Crippen MR) is 80.4 cm³/mol. The van der Waals surface area contributed by atoms with E-state index in [9.17, 15) is 0 Å². The first-order valence-corrected chi connectivity index (χ1v) is 7.59. The van der Waals surface area contributed by atoms with Crippen molar-refractivity contribution in [1.29, 1.82) is 0 Å². The summed E-state index contributed by atoms with van der Waals surface area (Å²) in [4.78, 5) is 4.36. The van der Waals surface area contributed by atoms with Crippen molar-refractivity contribution in [2.24, 2.45) is 5.92 Å². The Morgan fingerprint density at radius 2 is 2.16 bits per heavy atom. The lowest BCUT2D eigenvalue weighted by Gasteiger charge is -2.16. The zero-order valence-corrected chi connectivity index (χ0v) is 12.6. The largest absolute Gasteiger partial charge is 0.477 e. The minimum absolute atomic E-state index is 0.647. The molecule has 0 aliphatic heterocycles. The molecule has 3 heteroatoms. The van der Waals surface area contributed by atoms with E-state index in [1.807, 2.05) is 6.07 Å². The fraction of sp³-hybridized carbons (Fsp3) is 0.688. The molecule has 1 atom stereocenters. The Labute approximate surface area is 117 Å². The SMILES string of the molecule is CCCCC(CC)COc1ncccc1CNCC. The lowest BCUT2D eigenvalue weighted by molar-refractivity contribution is 0.223. The molecular formula is C16H28N2O. The summed E-state index contributed by atoms with van der Waals surface area (Å²) in [6.07, 6.45) is 6.77. The summed E-state index contributed by atoms with van der Waals surface area (Å²) in [6, 6.07) is 4.05. The Morgan fingerprint density at radius 1 is 1.32 bits per heavy atom. The number of unbranched alkanes of at least 4 members (excludes halogenated alkanes) is 1. The summed E-state index contributed by atoms with van der Waals surface area (Å²) in [5.74, 6) is 1.44. The molecule has 0 fully saturated rings. The average Bonchev–Trinajstić information content (AvgIpc) is 2.46. The number of hydrogen-bond acceptors (Lipinski definition) is 3. The number of ether oxygens (including phenoxy) is 1. The molecule has 1 unspecified atom stereocenters. The lowest BCUT2D eigenvalue weighted by atomic mass is 10.0. The van der Waals surface area contributed by atoms with Gasteiger partial charge in [0.1, 0.15) is 0 Å². The van der Waals surface area contributed by atoms with Crippen LogP contribution in [0.5, 0.6) is 5.88 Å². The van der Waals surface area contributed by atoms with Crippen molar-refractivity contribution in [1.82, 2.24) is 10.3 Å². The van der Waals surface area contributed by atoms with Gasteiger partial charge in [0.2, 0.25) is 5.88 Å². The number of aromatic nitrogens is 1. The van der Waals surface area contributed by atoms with E-state index in [1.165, 1.54) is 25.7 Å². The summed E-state index contributed by atoms with van der Waals surface area (Å²) in [6.45, 7) is 9.15. The molecule has 0 aliphatic carbocycles. The highest BCUT2D eigenvalue weighted by molar-refractivity contribution is 5.25. The van der Waals surface area contributed by atoms with E-state index in [0.717, 1.165) is 31.1 Å². The molecule has 1 N–H and O–H groups in total. The predicted octanol–water partition coefficient (Wildman–Crippen LogP) is 3.79. The molecule has 0 saturated heterocycles. The van der Waals surface area contributed by atoms with E-state index < -0.39 is 0 Å². The van der Waals surface area contributed by atoms with Gasteiger partial charge < -0.3 is 10.1 Å². The minimum Gasteiger partial charge on any atom is -0.477 e. The Balaban J connectivity index is 2.50. The van der Waals surface area contributed by atoms with Gasteiger partial charge in [-0.3, -0.25) is 0 Å². The molecule has 1 aromatic rings. The summed E-state index contributed by atoms with van der Waals surface area (Å²) in [7, 11) is 0. The van der Waals surface area contributed by atoms with Crippen LogP contribution in [-0.4, -0.2) is 18.1 Å². The third-order valence-corrected chi connectivity index (χ3v) is 3.41. The zero-order valence-electron chi connectivity index (χ0n) is 12.6. The number of pyridine rings is 1. The van der Waals surface area contributed by atoms with Gasteiger partial charge in [0.05, 0.1) is 6.61 Å². The van der Waals surface area contributed by atoms with Crippen LogP contribution in [0.2, 0.25) is 0 Å². The molecule has 0 amide bonds. The van der Waals surface area contributed by atoms with E-state index in [-0.39, 0.29) is 0 Å². The first-order valence-electron chi connectivity index (χ1n) is 7.59. The van der Waals surface area contributed by atoms with Crippen LogP contribution in [0.15, 0.2) is 18.3 Å². The van der Waals surface area contributed by atoms with Gasteiger partial charge in [-0.05, 0) is 24.9 Å². The molecule has 0 aromatic carbocycles. The summed E-state index contributed by atoms with van der Waals surface area (Å²) in [5.41, 5.74) is 1.15. The lowest BCUT2D eigenvalue weighted by Crippen LogP contribution is -2.16. The van der Waals surface area contributed by atoms with Crippen molar-refractivity contribution in [3.63, 3.8) is 0 Å². The smallest absolute Gasteiger partial charge is 0.217 e. The van der Waals surface area contributed by atoms with Crippen LogP contribution in [0, 0.1) is 5.92 Å². The molecule has 0 spiro atoms. The van der Waals surface area contributed by atoms with Crippen LogP contribution in [0.4, 0.5) is 0 Å². The number of rotatable bonds is 10. The van der Waals surface area contributed by atoms with Gasteiger partial charge >= 0.3 is 0 Å². The van der Waals surface area contributed by atoms with E-state index in [0.29, 0.717) is 5.92 Å². The van der Waals surface area contributed by atoms with Crippen LogP contribution in [0.1, 0.15) is 52.0 Å². The standard InChI is InChI=1S/C16H28N2O/c1-4-7-9-14(5-2)13-19-16-15(12-17-6-3)10-8-11-18-16/h8,10-11,14,17H,4-7,9,12-13H2,1-3H3. The maximum atomic E-state index is 5.93. The van der Waals surface area contributed by atoms with Crippen molar-refractivity contribution < 1.29 is 4.74 Å². The Kier molecular flexibility index (Phi) is 8.23. The van der Waals surface area contributed by atoms with Gasteiger partial charge in [-0.2, -0.15) is 0 Å². The molecule has 0 aliphatic rings. The van der Waals surface area contributed by atoms with Crippen LogP contribution < -0.4 is 10.1 Å². The van der Waals surface area contributed by atoms with Crippen LogP contribution in [0.3, 0.4) is 0 Å². The van der Waals surface area contributed by atoms with Gasteiger partial charge in [0.25, 0.3) is 0 Å². The highest BCUT2D eigenvalue weighted by atomic mass is 16.5. The number of nitrogens with one attached hydrogen (secondary N) is 1. The molecule has 0 radical (unpaired) electrons. The first kappa shape index (κ1) is 16.0. The second-order valence-corrected chi connectivity index (χ2v) is 4.98. The van der Waals surface area contributed by atoms with E-state index in [4.69, 9.17) is 4.74 Å². The van der Waals surface area contributed by atoms with Crippen LogP contribution in [0.25, 0.3) is 0 Å². The van der Waals surface area contributed by atoms with Gasteiger partial charge in [-0.15, -0.1) is 0 Å². The first-order chi connectivity index (χ1) is 9.31. The summed E-state index contributed by atoms with van der Waals surface area (Å²) < 4.78 is 5.93. The Morgan fingerprint density at radius 3 is 2.84 bits per heavy atom. The Bertz CT molecular complexity index is 341. The third kappa shape index (κ3) is 6.06. The van der Waals surface area contributed by atoms with E-state index in [2.05, 4.69) is 37.1 Å². The van der Waals surface area contributed by atoms with Gasteiger partial charge in [0.15, 0.2) is 0 Å². The molecule has 1 heterocycles. The molecular weight excluding hydrogens is 236 g/mol. The molecule has 0 bridgehead atoms. The summed E-state index contributed by atoms with van der Waals surface area (Å²) >= 11 is 0. The number of nitrogens with zero attached hydrogens (tertiary/aromatic N) is 1. The second-order valence-electron chi connectivity index (χ2n) is 4.98. The highest BCUT2D eigenvalue weighted by Crippen LogP contribution is 2.18. The van der Waals surface area contributed by atoms with E-state index >= 15 is 0 Å². The fourth-order valence-electron chi connectivity index (χ4n) is 2.04. The van der Waals surface area contributed by atoms with Crippen LogP contribution >= 0.6 is 0 Å². The van der Waals surface area contributed by atoms with Crippen molar-refractivity contribution >= 4 is 0 Å². The van der Waals surface area contributed by atoms with Gasteiger partial charge in [-0.25, -0.2) is 4.98 Å². The second kappa shape index (κ2) is 9.79. The molecule has 108 valence electrons. The molecule has 1 rings (SSSR count). The zero-order chi connectivity index (χ0) is 13.9. The quantitative estimate of drug-likeness (QED) is 0.698. The maximum absolute atomic E-state index is 5.93. The molecule has 0 saturated carbocycles. The van der Waals surface area contributed by atoms with Crippen LogP contribution in [-0.2, 0) is 6.54 Å². The average molecular weight is 264 g/mol. The number of hydrogen-bond donors (Lipinski definition) is 1. The molecule has 1 aromatic heterocycles.